The van der Waals surface area contributed by atoms with Crippen molar-refractivity contribution in [2.75, 3.05) is 25.9 Å². The molecule has 5 heterocycles. The van der Waals surface area contributed by atoms with Crippen molar-refractivity contribution in [3.8, 4) is 11.4 Å². The van der Waals surface area contributed by atoms with E-state index in [-0.39, 0.29) is 0 Å². The fourth-order valence-electron chi connectivity index (χ4n) is 7.65. The number of nitrogens with zero attached hydrogens (tertiary/aromatic N) is 5. The van der Waals surface area contributed by atoms with Gasteiger partial charge in [-0.25, -0.2) is 18.4 Å². The summed E-state index contributed by atoms with van der Waals surface area (Å²) in [5.41, 5.74) is 5.09. The van der Waals surface area contributed by atoms with Gasteiger partial charge in [0.15, 0.2) is 15.5 Å². The number of benzene rings is 1. The van der Waals surface area contributed by atoms with E-state index < -0.39 is 9.84 Å². The first-order valence-corrected chi connectivity index (χ1v) is 16.8. The highest BCUT2D eigenvalue weighted by molar-refractivity contribution is 7.90. The van der Waals surface area contributed by atoms with E-state index in [1.54, 1.807) is 12.1 Å². The van der Waals surface area contributed by atoms with E-state index in [0.717, 1.165) is 52.2 Å². The molecule has 3 aliphatic heterocycles. The number of likely N-dealkylation sites (tertiary alicyclic amines) is 1. The standard InChI is InChI=1S/C31H41N5O2S/c1-20-16-28(32-31-29(20)33-30(34(31)2)23-6-10-27(11-7-23)39(3,37)38)22-12-14-35(15-13-22)26-17-24-8-9-25(18-26)36(24)19-21-4-5-21/h6-7,10-11,16,21-22,24-26H,4-5,8-9,12-15,17-19H2,1-3H3. The van der Waals surface area contributed by atoms with Crippen LogP contribution in [0, 0.1) is 12.8 Å². The van der Waals surface area contributed by atoms with Gasteiger partial charge < -0.3 is 9.47 Å². The second-order valence-electron chi connectivity index (χ2n) is 12.8. The van der Waals surface area contributed by atoms with E-state index in [1.165, 1.54) is 83.0 Å². The number of hydrogen-bond donors (Lipinski definition) is 0. The summed E-state index contributed by atoms with van der Waals surface area (Å²) in [5, 5.41) is 0. The minimum atomic E-state index is -3.22. The van der Waals surface area contributed by atoms with Crippen molar-refractivity contribution in [3.63, 3.8) is 0 Å². The second kappa shape index (κ2) is 9.67. The zero-order valence-corrected chi connectivity index (χ0v) is 24.3. The summed E-state index contributed by atoms with van der Waals surface area (Å²) < 4.78 is 25.8. The van der Waals surface area contributed by atoms with Gasteiger partial charge in [-0.1, -0.05) is 0 Å². The molecule has 3 aromatic rings. The minimum absolute atomic E-state index is 0.324. The van der Waals surface area contributed by atoms with Gasteiger partial charge in [0.2, 0.25) is 0 Å². The highest BCUT2D eigenvalue weighted by Crippen LogP contribution is 2.42. The summed E-state index contributed by atoms with van der Waals surface area (Å²) in [6.45, 7) is 5.87. The summed E-state index contributed by atoms with van der Waals surface area (Å²) in [7, 11) is -1.21. The van der Waals surface area contributed by atoms with Crippen molar-refractivity contribution >= 4 is 21.0 Å². The van der Waals surface area contributed by atoms with E-state index in [2.05, 4.69) is 27.4 Å². The smallest absolute Gasteiger partial charge is 0.175 e. The number of aromatic nitrogens is 3. The van der Waals surface area contributed by atoms with E-state index in [9.17, 15) is 8.42 Å². The third-order valence-corrected chi connectivity index (χ3v) is 11.2. The lowest BCUT2D eigenvalue weighted by molar-refractivity contribution is 0.0436. The summed E-state index contributed by atoms with van der Waals surface area (Å²) in [4.78, 5) is 16.1. The molecule has 2 unspecified atom stereocenters. The molecule has 1 aliphatic carbocycles. The van der Waals surface area contributed by atoms with Crippen LogP contribution in [0.3, 0.4) is 0 Å². The van der Waals surface area contributed by atoms with Gasteiger partial charge in [0.1, 0.15) is 11.3 Å². The van der Waals surface area contributed by atoms with Crippen molar-refractivity contribution in [2.45, 2.75) is 87.2 Å². The summed E-state index contributed by atoms with van der Waals surface area (Å²) >= 11 is 0. The fraction of sp³-hybridized carbons (Fsp3) is 0.613. The van der Waals surface area contributed by atoms with Gasteiger partial charge in [0.05, 0.1) is 4.90 Å². The lowest BCUT2D eigenvalue weighted by Crippen LogP contribution is -2.52. The number of sulfone groups is 1. The maximum absolute atomic E-state index is 11.9. The SMILES string of the molecule is Cc1cc(C2CCN(C3CC4CCC(C3)N4CC3CC3)CC2)nc2c1nc(-c1ccc(S(C)(=O)=O)cc1)n2C. The maximum atomic E-state index is 11.9. The van der Waals surface area contributed by atoms with Gasteiger partial charge in [0, 0.05) is 55.1 Å². The first-order chi connectivity index (χ1) is 18.7. The Hall–Kier alpha value is -2.29. The van der Waals surface area contributed by atoms with Crippen LogP contribution in [-0.4, -0.2) is 76.8 Å². The lowest BCUT2D eigenvalue weighted by atomic mass is 9.88. The highest BCUT2D eigenvalue weighted by atomic mass is 32.2. The Kier molecular flexibility index (Phi) is 6.36. The minimum Gasteiger partial charge on any atom is -0.312 e. The third kappa shape index (κ3) is 4.82. The second-order valence-corrected chi connectivity index (χ2v) is 14.8. The van der Waals surface area contributed by atoms with Gasteiger partial charge >= 0.3 is 0 Å². The molecule has 7 rings (SSSR count). The van der Waals surface area contributed by atoms with Gasteiger partial charge in [-0.2, -0.15) is 0 Å². The summed E-state index contributed by atoms with van der Waals surface area (Å²) in [6.07, 6.45) is 12.1. The van der Waals surface area contributed by atoms with Crippen LogP contribution in [0.15, 0.2) is 35.2 Å². The first kappa shape index (κ1) is 25.7. The number of rotatable bonds is 6. The van der Waals surface area contributed by atoms with Crippen molar-refractivity contribution in [1.82, 2.24) is 24.3 Å². The van der Waals surface area contributed by atoms with Crippen molar-refractivity contribution in [1.29, 1.82) is 0 Å². The average Bonchev–Trinajstić information content (AvgIpc) is 3.64. The van der Waals surface area contributed by atoms with Crippen LogP contribution in [0.4, 0.5) is 0 Å². The molecule has 0 N–H and O–H groups in total. The van der Waals surface area contributed by atoms with Crippen LogP contribution in [0.2, 0.25) is 0 Å². The fourth-order valence-corrected chi connectivity index (χ4v) is 8.28. The zero-order chi connectivity index (χ0) is 26.9. The molecule has 2 atom stereocenters. The lowest BCUT2D eigenvalue weighted by Gasteiger charge is -2.45. The van der Waals surface area contributed by atoms with Crippen molar-refractivity contribution in [2.24, 2.45) is 13.0 Å². The Morgan fingerprint density at radius 3 is 2.18 bits per heavy atom. The van der Waals surface area contributed by atoms with Crippen LogP contribution < -0.4 is 0 Å². The maximum Gasteiger partial charge on any atom is 0.175 e. The first-order valence-electron chi connectivity index (χ1n) is 14.9. The average molecular weight is 548 g/mol. The van der Waals surface area contributed by atoms with Crippen molar-refractivity contribution in [3.05, 3.63) is 41.6 Å². The molecular weight excluding hydrogens is 506 g/mol. The topological polar surface area (TPSA) is 71.3 Å². The normalized spacial score (nSPS) is 27.0. The number of piperidine rings is 2. The van der Waals surface area contributed by atoms with Crippen LogP contribution in [0.25, 0.3) is 22.6 Å². The van der Waals surface area contributed by atoms with Crippen LogP contribution in [-0.2, 0) is 16.9 Å². The summed E-state index contributed by atoms with van der Waals surface area (Å²) in [6, 6.07) is 11.7. The largest absolute Gasteiger partial charge is 0.312 e. The van der Waals surface area contributed by atoms with E-state index in [1.807, 2.05) is 19.2 Å². The van der Waals surface area contributed by atoms with Gasteiger partial charge in [0.25, 0.3) is 0 Å². The molecule has 7 nitrogen and oxygen atoms in total. The Morgan fingerprint density at radius 1 is 0.897 bits per heavy atom. The predicted octanol–water partition coefficient (Wildman–Crippen LogP) is 4.93. The van der Waals surface area contributed by atoms with E-state index in [4.69, 9.17) is 9.97 Å². The molecule has 4 fully saturated rings. The quantitative estimate of drug-likeness (QED) is 0.436. The highest BCUT2D eigenvalue weighted by Gasteiger charge is 2.44. The number of hydrogen-bond acceptors (Lipinski definition) is 6. The molecule has 3 saturated heterocycles. The number of pyridine rings is 1. The Balaban J connectivity index is 1.05. The molecule has 2 aromatic heterocycles. The van der Waals surface area contributed by atoms with Crippen LogP contribution >= 0.6 is 0 Å². The molecule has 0 spiro atoms. The molecule has 1 saturated carbocycles. The van der Waals surface area contributed by atoms with Gasteiger partial charge in [-0.05, 0) is 113 Å². The van der Waals surface area contributed by atoms with Crippen molar-refractivity contribution < 1.29 is 8.42 Å². The van der Waals surface area contributed by atoms with E-state index in [0.29, 0.717) is 10.8 Å². The Morgan fingerprint density at radius 2 is 1.56 bits per heavy atom. The van der Waals surface area contributed by atoms with Gasteiger partial charge in [-0.15, -0.1) is 0 Å². The summed E-state index contributed by atoms with van der Waals surface area (Å²) in [5.74, 6) is 2.31. The Labute approximate surface area is 232 Å². The predicted molar refractivity (Wildman–Crippen MR) is 155 cm³/mol. The molecule has 0 amide bonds. The van der Waals surface area contributed by atoms with Crippen LogP contribution in [0.5, 0.6) is 0 Å². The van der Waals surface area contributed by atoms with Gasteiger partial charge in [-0.3, -0.25) is 4.90 Å². The number of aryl methyl sites for hydroxylation is 2. The Bertz CT molecular complexity index is 1470. The van der Waals surface area contributed by atoms with Crippen LogP contribution in [0.1, 0.15) is 68.5 Å². The molecular formula is C31H41N5O2S. The molecule has 4 aliphatic rings. The molecule has 0 radical (unpaired) electrons. The van der Waals surface area contributed by atoms with E-state index >= 15 is 0 Å². The third-order valence-electron chi connectivity index (χ3n) is 10.1. The number of imidazole rings is 1. The number of fused-ring (bicyclic) bond motifs is 3. The molecule has 208 valence electrons. The monoisotopic (exact) mass is 547 g/mol. The zero-order valence-electron chi connectivity index (χ0n) is 23.5. The molecule has 39 heavy (non-hydrogen) atoms. The molecule has 8 heteroatoms. The molecule has 1 aromatic carbocycles. The molecule has 2 bridgehead atoms.